The van der Waals surface area contributed by atoms with Crippen LogP contribution in [-0.2, 0) is 35.4 Å². The summed E-state index contributed by atoms with van der Waals surface area (Å²) in [6, 6.07) is 2.90. The molecule has 0 spiro atoms. The van der Waals surface area contributed by atoms with Gasteiger partial charge in [-0.05, 0) is 79.6 Å². The topological polar surface area (TPSA) is 73.8 Å². The highest BCUT2D eigenvalue weighted by Crippen LogP contribution is 2.43. The molecule has 1 heterocycles. The number of hydrogen-bond acceptors (Lipinski definition) is 8. The number of rotatable bonds is 16. The van der Waals surface area contributed by atoms with Crippen LogP contribution < -0.4 is 0 Å². The molecule has 0 aromatic carbocycles. The maximum atomic E-state index is 7.43. The van der Waals surface area contributed by atoms with Crippen LogP contribution in [0.1, 0.15) is 83.1 Å². The highest BCUT2D eigenvalue weighted by atomic mass is 28.5. The fourth-order valence-corrected chi connectivity index (χ4v) is 30.6. The van der Waals surface area contributed by atoms with Crippen LogP contribution in [0.2, 0.25) is 24.2 Å². The summed E-state index contributed by atoms with van der Waals surface area (Å²) in [7, 11) is -12.1. The van der Waals surface area contributed by atoms with Crippen LogP contribution in [0.3, 0.4) is 0 Å². The predicted octanol–water partition coefficient (Wildman–Crippen LogP) is 5.77. The molecule has 0 aromatic heterocycles. The van der Waals surface area contributed by atoms with E-state index in [1.165, 1.54) is 0 Å². The Labute approximate surface area is 226 Å². The molecule has 1 saturated heterocycles. The molecule has 0 aromatic rings. The van der Waals surface area contributed by atoms with Gasteiger partial charge in [-0.1, -0.05) is 27.7 Å². The van der Waals surface area contributed by atoms with Crippen molar-refractivity contribution in [2.45, 2.75) is 130 Å². The van der Waals surface area contributed by atoms with Crippen molar-refractivity contribution in [3.8, 4) is 0 Å². The lowest BCUT2D eigenvalue weighted by Crippen LogP contribution is -2.78. The summed E-state index contributed by atoms with van der Waals surface area (Å²) in [5.41, 5.74) is -0.780. The molecule has 0 aliphatic carbocycles. The third-order valence-electron chi connectivity index (χ3n) is 7.50. The van der Waals surface area contributed by atoms with Crippen LogP contribution in [0.4, 0.5) is 0 Å². The summed E-state index contributed by atoms with van der Waals surface area (Å²) in [5, 5.41) is 0. The van der Waals surface area contributed by atoms with Crippen LogP contribution in [-0.4, -0.2) is 83.6 Å². The molecule has 1 aliphatic rings. The molecule has 1 aliphatic heterocycles. The lowest BCUT2D eigenvalue weighted by Gasteiger charge is -2.56. The quantitative estimate of drug-likeness (QED) is 0.212. The van der Waals surface area contributed by atoms with Gasteiger partial charge in [0.25, 0.3) is 0 Å². The SMILES string of the molecule is CCOC(C)[Si]1(CC)O[Si](CC)(C(C)OCC)O[Si](CC)(C(C)OCC)O[Si](CC)(C(C)OCC)O1. The van der Waals surface area contributed by atoms with Gasteiger partial charge < -0.3 is 35.4 Å². The third kappa shape index (κ3) is 7.39. The maximum absolute atomic E-state index is 7.43. The third-order valence-corrected chi connectivity index (χ3v) is 28.1. The van der Waals surface area contributed by atoms with Crippen molar-refractivity contribution in [2.75, 3.05) is 26.4 Å². The molecule has 12 heteroatoms. The first-order chi connectivity index (χ1) is 17.0. The zero-order valence-electron chi connectivity index (χ0n) is 25.2. The first-order valence-corrected chi connectivity index (χ1v) is 22.7. The molecule has 1 fully saturated rings. The van der Waals surface area contributed by atoms with Gasteiger partial charge in [-0.2, -0.15) is 0 Å². The van der Waals surface area contributed by atoms with E-state index in [9.17, 15) is 0 Å². The van der Waals surface area contributed by atoms with Crippen molar-refractivity contribution >= 4 is 34.2 Å². The minimum atomic E-state index is -3.02. The van der Waals surface area contributed by atoms with Gasteiger partial charge in [-0.15, -0.1) is 0 Å². The second-order valence-electron chi connectivity index (χ2n) is 9.46. The van der Waals surface area contributed by atoms with E-state index in [0.29, 0.717) is 26.4 Å². The number of ether oxygens (including phenoxy) is 4. The normalized spacial score (nSPS) is 35.0. The van der Waals surface area contributed by atoms with Gasteiger partial charge in [-0.25, -0.2) is 0 Å². The van der Waals surface area contributed by atoms with E-state index < -0.39 is 34.2 Å². The molecule has 0 amide bonds. The van der Waals surface area contributed by atoms with Gasteiger partial charge in [0, 0.05) is 26.4 Å². The van der Waals surface area contributed by atoms with Crippen molar-refractivity contribution in [2.24, 2.45) is 0 Å². The highest BCUT2D eigenvalue weighted by molar-refractivity contribution is 6.96. The lowest BCUT2D eigenvalue weighted by atomic mass is 10.8. The van der Waals surface area contributed by atoms with Crippen molar-refractivity contribution < 1.29 is 35.4 Å². The Morgan fingerprint density at radius 3 is 0.667 bits per heavy atom. The average molecular weight is 585 g/mol. The molecule has 0 saturated carbocycles. The molecule has 0 N–H and O–H groups in total. The molecular weight excluding hydrogens is 529 g/mol. The standard InChI is InChI=1S/C24H56O8Si4/c1-13-25-21(9)33(17-5)29-34(18-6,22(10)26-14-2)31-36(20-8,24(12)28-16-4)32-35(19-7,30-33)23(11)27-15-3/h21-24H,13-20H2,1-12H3. The molecule has 0 bridgehead atoms. The van der Waals surface area contributed by atoms with E-state index in [4.69, 9.17) is 35.4 Å². The second kappa shape index (κ2) is 15.4. The summed E-state index contributed by atoms with van der Waals surface area (Å²) < 4.78 is 54.7. The van der Waals surface area contributed by atoms with E-state index in [0.717, 1.165) is 24.2 Å². The van der Waals surface area contributed by atoms with Crippen LogP contribution >= 0.6 is 0 Å². The molecule has 216 valence electrons. The minimum absolute atomic E-state index is 0.195. The highest BCUT2D eigenvalue weighted by Gasteiger charge is 2.67. The zero-order valence-corrected chi connectivity index (χ0v) is 29.2. The Hall–Kier alpha value is 0.548. The van der Waals surface area contributed by atoms with Gasteiger partial charge in [0.15, 0.2) is 0 Å². The van der Waals surface area contributed by atoms with Gasteiger partial charge in [0.1, 0.15) is 0 Å². The Balaban J connectivity index is 3.97. The molecule has 1 rings (SSSR count). The Morgan fingerprint density at radius 1 is 0.389 bits per heavy atom. The monoisotopic (exact) mass is 584 g/mol. The summed E-state index contributed by atoms with van der Waals surface area (Å²) in [6.45, 7) is 27.4. The molecule has 8 nitrogen and oxygen atoms in total. The first-order valence-electron chi connectivity index (χ1n) is 14.3. The first kappa shape index (κ1) is 34.6. The zero-order chi connectivity index (χ0) is 27.6. The van der Waals surface area contributed by atoms with Crippen LogP contribution in [0.15, 0.2) is 0 Å². The molecular formula is C24H56O8Si4. The lowest BCUT2D eigenvalue weighted by molar-refractivity contribution is 0.0342. The molecule has 0 radical (unpaired) electrons. The Morgan fingerprint density at radius 2 is 0.556 bits per heavy atom. The second-order valence-corrected chi connectivity index (χ2v) is 25.3. The molecule has 4 atom stereocenters. The predicted molar refractivity (Wildman–Crippen MR) is 154 cm³/mol. The summed E-state index contributed by atoms with van der Waals surface area (Å²) in [5.74, 6) is 0. The van der Waals surface area contributed by atoms with Gasteiger partial charge in [-0.3, -0.25) is 0 Å². The Kier molecular flexibility index (Phi) is 14.8. The van der Waals surface area contributed by atoms with Crippen LogP contribution in [0.5, 0.6) is 0 Å². The van der Waals surface area contributed by atoms with E-state index in [1.807, 2.05) is 27.7 Å². The van der Waals surface area contributed by atoms with Crippen LogP contribution in [0.25, 0.3) is 0 Å². The van der Waals surface area contributed by atoms with E-state index in [1.54, 1.807) is 0 Å². The van der Waals surface area contributed by atoms with E-state index >= 15 is 0 Å². The Bertz CT molecular complexity index is 517. The van der Waals surface area contributed by atoms with Crippen molar-refractivity contribution in [3.05, 3.63) is 0 Å². The molecule has 4 unspecified atom stereocenters. The van der Waals surface area contributed by atoms with Crippen molar-refractivity contribution in [1.82, 2.24) is 0 Å². The fourth-order valence-electron chi connectivity index (χ4n) is 5.15. The van der Waals surface area contributed by atoms with Crippen LogP contribution in [0, 0.1) is 0 Å². The smallest absolute Gasteiger partial charge is 0.350 e. The van der Waals surface area contributed by atoms with Gasteiger partial charge in [0.05, 0.1) is 22.9 Å². The van der Waals surface area contributed by atoms with E-state index in [-0.39, 0.29) is 22.9 Å². The van der Waals surface area contributed by atoms with Gasteiger partial charge in [0.2, 0.25) is 0 Å². The number of hydrogen-bond donors (Lipinski definition) is 0. The maximum Gasteiger partial charge on any atom is 0.350 e. The van der Waals surface area contributed by atoms with Gasteiger partial charge >= 0.3 is 34.2 Å². The molecule has 36 heavy (non-hydrogen) atoms. The minimum Gasteiger partial charge on any atom is -0.412 e. The summed E-state index contributed by atoms with van der Waals surface area (Å²) in [6.07, 6.45) is 0. The fraction of sp³-hybridized carbons (Fsp3) is 1.00. The average Bonchev–Trinajstić information content (AvgIpc) is 2.85. The van der Waals surface area contributed by atoms with E-state index in [2.05, 4.69) is 55.4 Å². The summed E-state index contributed by atoms with van der Waals surface area (Å²) in [4.78, 5) is 0. The van der Waals surface area contributed by atoms with Crippen molar-refractivity contribution in [1.29, 1.82) is 0 Å². The summed E-state index contributed by atoms with van der Waals surface area (Å²) >= 11 is 0. The largest absolute Gasteiger partial charge is 0.412 e. The van der Waals surface area contributed by atoms with Crippen molar-refractivity contribution in [3.63, 3.8) is 0 Å².